The van der Waals surface area contributed by atoms with Gasteiger partial charge in [-0.3, -0.25) is 4.79 Å². The lowest BCUT2D eigenvalue weighted by molar-refractivity contribution is -0.139. The van der Waals surface area contributed by atoms with E-state index in [-0.39, 0.29) is 25.0 Å². The molecule has 0 aromatic heterocycles. The van der Waals surface area contributed by atoms with Crippen LogP contribution in [0.3, 0.4) is 0 Å². The SMILES string of the molecule is CC(CNC(=O)OCC1c2ccccc2-c2ccccc21)C(=O)Nc1ccc(OCC(=O)O)cc1. The van der Waals surface area contributed by atoms with Crippen LogP contribution in [0.4, 0.5) is 10.5 Å². The van der Waals surface area contributed by atoms with Gasteiger partial charge in [-0.15, -0.1) is 0 Å². The summed E-state index contributed by atoms with van der Waals surface area (Å²) in [5.74, 6) is -1.49. The first kappa shape index (κ1) is 23.8. The van der Waals surface area contributed by atoms with Crippen LogP contribution in [-0.4, -0.2) is 42.8 Å². The molecule has 0 radical (unpaired) electrons. The highest BCUT2D eigenvalue weighted by molar-refractivity contribution is 5.92. The van der Waals surface area contributed by atoms with Gasteiger partial charge >= 0.3 is 12.1 Å². The van der Waals surface area contributed by atoms with Gasteiger partial charge in [0.05, 0.1) is 5.92 Å². The fourth-order valence-corrected chi connectivity index (χ4v) is 4.02. The highest BCUT2D eigenvalue weighted by Crippen LogP contribution is 2.44. The van der Waals surface area contributed by atoms with Crippen LogP contribution in [-0.2, 0) is 14.3 Å². The molecule has 0 saturated carbocycles. The van der Waals surface area contributed by atoms with Crippen molar-refractivity contribution < 1.29 is 29.0 Å². The molecule has 0 spiro atoms. The van der Waals surface area contributed by atoms with Crippen molar-refractivity contribution in [3.8, 4) is 16.9 Å². The Labute approximate surface area is 202 Å². The maximum atomic E-state index is 12.5. The molecule has 1 aliphatic carbocycles. The van der Waals surface area contributed by atoms with Crippen molar-refractivity contribution in [2.45, 2.75) is 12.8 Å². The first-order valence-corrected chi connectivity index (χ1v) is 11.3. The third-order valence-corrected chi connectivity index (χ3v) is 5.83. The molecule has 8 heteroatoms. The molecule has 2 amide bonds. The summed E-state index contributed by atoms with van der Waals surface area (Å²) in [5, 5.41) is 14.1. The summed E-state index contributed by atoms with van der Waals surface area (Å²) in [5.41, 5.74) is 5.11. The van der Waals surface area contributed by atoms with Gasteiger partial charge in [0.25, 0.3) is 0 Å². The van der Waals surface area contributed by atoms with Crippen LogP contribution in [0.1, 0.15) is 24.0 Å². The minimum atomic E-state index is -1.07. The average molecular weight is 475 g/mol. The van der Waals surface area contributed by atoms with Crippen molar-refractivity contribution in [3.63, 3.8) is 0 Å². The van der Waals surface area contributed by atoms with E-state index in [1.807, 2.05) is 24.3 Å². The van der Waals surface area contributed by atoms with E-state index in [0.29, 0.717) is 11.4 Å². The number of alkyl carbamates (subject to hydrolysis) is 1. The number of hydrogen-bond acceptors (Lipinski definition) is 5. The normalized spacial score (nSPS) is 12.7. The number of carbonyl (C=O) groups is 3. The van der Waals surface area contributed by atoms with Crippen LogP contribution in [0, 0.1) is 5.92 Å². The Kier molecular flexibility index (Phi) is 7.30. The van der Waals surface area contributed by atoms with Gasteiger partial charge in [-0.25, -0.2) is 9.59 Å². The number of nitrogens with one attached hydrogen (secondary N) is 2. The number of amides is 2. The molecular formula is C27H26N2O6. The number of aliphatic carboxylic acids is 1. The Bertz CT molecular complexity index is 1180. The zero-order chi connectivity index (χ0) is 24.8. The predicted octanol–water partition coefficient (Wildman–Crippen LogP) is 4.26. The van der Waals surface area contributed by atoms with Crippen LogP contribution in [0.25, 0.3) is 11.1 Å². The first-order chi connectivity index (χ1) is 16.9. The standard InChI is InChI=1S/C27H26N2O6/c1-17(26(32)29-18-10-12-19(13-11-18)34-16-25(30)31)14-28-27(33)35-15-24-22-8-4-2-6-20(22)21-7-3-5-9-23(21)24/h2-13,17,24H,14-16H2,1H3,(H,28,33)(H,29,32)(H,30,31). The number of carbonyl (C=O) groups excluding carboxylic acids is 2. The topological polar surface area (TPSA) is 114 Å². The van der Waals surface area contributed by atoms with Gasteiger partial charge in [-0.05, 0) is 46.5 Å². The highest BCUT2D eigenvalue weighted by Gasteiger charge is 2.29. The molecule has 0 bridgehead atoms. The Morgan fingerprint density at radius 3 is 2.11 bits per heavy atom. The largest absolute Gasteiger partial charge is 0.482 e. The Morgan fingerprint density at radius 2 is 1.51 bits per heavy atom. The second-order valence-electron chi connectivity index (χ2n) is 8.30. The van der Waals surface area contributed by atoms with E-state index in [1.165, 1.54) is 0 Å². The van der Waals surface area contributed by atoms with Crippen LogP contribution in [0.2, 0.25) is 0 Å². The molecule has 180 valence electrons. The van der Waals surface area contributed by atoms with Gasteiger partial charge in [0, 0.05) is 18.2 Å². The van der Waals surface area contributed by atoms with Gasteiger partial charge in [-0.2, -0.15) is 0 Å². The molecule has 1 aliphatic rings. The van der Waals surface area contributed by atoms with Crippen molar-refractivity contribution in [1.29, 1.82) is 0 Å². The van der Waals surface area contributed by atoms with Crippen molar-refractivity contribution in [2.75, 3.05) is 25.1 Å². The molecule has 0 aliphatic heterocycles. The number of rotatable bonds is 9. The maximum absolute atomic E-state index is 12.5. The third-order valence-electron chi connectivity index (χ3n) is 5.83. The lowest BCUT2D eigenvalue weighted by Crippen LogP contribution is -2.35. The van der Waals surface area contributed by atoms with Crippen molar-refractivity contribution in [3.05, 3.63) is 83.9 Å². The Morgan fingerprint density at radius 1 is 0.914 bits per heavy atom. The van der Waals surface area contributed by atoms with E-state index in [1.54, 1.807) is 31.2 Å². The van der Waals surface area contributed by atoms with Gasteiger partial charge < -0.3 is 25.2 Å². The first-order valence-electron chi connectivity index (χ1n) is 11.3. The zero-order valence-corrected chi connectivity index (χ0v) is 19.2. The van der Waals surface area contributed by atoms with E-state index in [0.717, 1.165) is 22.3 Å². The van der Waals surface area contributed by atoms with Gasteiger partial charge in [0.15, 0.2) is 6.61 Å². The molecule has 3 aromatic rings. The van der Waals surface area contributed by atoms with Crippen LogP contribution in [0.15, 0.2) is 72.8 Å². The molecule has 0 heterocycles. The number of fused-ring (bicyclic) bond motifs is 3. The maximum Gasteiger partial charge on any atom is 0.407 e. The molecule has 8 nitrogen and oxygen atoms in total. The average Bonchev–Trinajstić information content (AvgIpc) is 3.19. The van der Waals surface area contributed by atoms with Gasteiger partial charge in [-0.1, -0.05) is 55.5 Å². The lowest BCUT2D eigenvalue weighted by atomic mass is 9.98. The molecule has 0 fully saturated rings. The van der Waals surface area contributed by atoms with Crippen molar-refractivity contribution in [2.24, 2.45) is 5.92 Å². The van der Waals surface area contributed by atoms with E-state index in [9.17, 15) is 14.4 Å². The monoisotopic (exact) mass is 474 g/mol. The second kappa shape index (κ2) is 10.7. The Hall–Kier alpha value is -4.33. The lowest BCUT2D eigenvalue weighted by Gasteiger charge is -2.16. The summed E-state index contributed by atoms with van der Waals surface area (Å²) in [4.78, 5) is 35.3. The molecule has 3 aromatic carbocycles. The summed E-state index contributed by atoms with van der Waals surface area (Å²) >= 11 is 0. The molecule has 1 atom stereocenters. The fraction of sp³-hybridized carbons (Fsp3) is 0.222. The number of hydrogen-bond donors (Lipinski definition) is 3. The van der Waals surface area contributed by atoms with Gasteiger partial charge in [0.2, 0.25) is 5.91 Å². The van der Waals surface area contributed by atoms with E-state index in [2.05, 4.69) is 34.9 Å². The number of carboxylic acids is 1. The second-order valence-corrected chi connectivity index (χ2v) is 8.30. The fourth-order valence-electron chi connectivity index (χ4n) is 4.02. The molecule has 3 N–H and O–H groups in total. The smallest absolute Gasteiger partial charge is 0.407 e. The minimum Gasteiger partial charge on any atom is -0.482 e. The summed E-state index contributed by atoms with van der Waals surface area (Å²) in [6.45, 7) is 1.58. The van der Waals surface area contributed by atoms with Gasteiger partial charge in [0.1, 0.15) is 12.4 Å². The highest BCUT2D eigenvalue weighted by atomic mass is 16.5. The van der Waals surface area contributed by atoms with E-state index in [4.69, 9.17) is 14.6 Å². The number of ether oxygens (including phenoxy) is 2. The van der Waals surface area contributed by atoms with E-state index < -0.39 is 24.6 Å². The summed E-state index contributed by atoms with van der Waals surface area (Å²) < 4.78 is 10.6. The van der Waals surface area contributed by atoms with Crippen LogP contribution < -0.4 is 15.4 Å². The van der Waals surface area contributed by atoms with Crippen molar-refractivity contribution in [1.82, 2.24) is 5.32 Å². The molecular weight excluding hydrogens is 448 g/mol. The molecule has 0 saturated heterocycles. The molecule has 35 heavy (non-hydrogen) atoms. The van der Waals surface area contributed by atoms with E-state index >= 15 is 0 Å². The summed E-state index contributed by atoms with van der Waals surface area (Å²) in [7, 11) is 0. The quantitative estimate of drug-likeness (QED) is 0.427. The predicted molar refractivity (Wildman–Crippen MR) is 130 cm³/mol. The molecule has 4 rings (SSSR count). The Balaban J connectivity index is 1.24. The number of anilines is 1. The van der Waals surface area contributed by atoms with Crippen molar-refractivity contribution >= 4 is 23.7 Å². The zero-order valence-electron chi connectivity index (χ0n) is 19.2. The van der Waals surface area contributed by atoms with Crippen LogP contribution in [0.5, 0.6) is 5.75 Å². The summed E-state index contributed by atoms with van der Waals surface area (Å²) in [6, 6.07) is 22.6. The summed E-state index contributed by atoms with van der Waals surface area (Å²) in [6.07, 6.45) is -0.577. The minimum absolute atomic E-state index is 0.0312. The third kappa shape index (κ3) is 5.78. The number of benzene rings is 3. The van der Waals surface area contributed by atoms with Crippen LogP contribution >= 0.6 is 0 Å². The number of carboxylic acid groups (broad SMARTS) is 1. The molecule has 1 unspecified atom stereocenters.